The number of amides is 2. The Balaban J connectivity index is 1.21. The van der Waals surface area contributed by atoms with Crippen LogP contribution in [0.25, 0.3) is 0 Å². The number of ether oxygens (including phenoxy) is 2. The van der Waals surface area contributed by atoms with Crippen LogP contribution >= 0.6 is 11.3 Å². The molecule has 6 rings (SSSR count). The highest BCUT2D eigenvalue weighted by molar-refractivity contribution is 7.16. The summed E-state index contributed by atoms with van der Waals surface area (Å²) >= 11 is 1.45. The van der Waals surface area contributed by atoms with Gasteiger partial charge in [-0.05, 0) is 49.1 Å². The molecule has 3 heterocycles. The van der Waals surface area contributed by atoms with E-state index < -0.39 is 0 Å². The molecule has 0 saturated heterocycles. The lowest BCUT2D eigenvalue weighted by Crippen LogP contribution is -2.33. The second kappa shape index (κ2) is 7.09. The third-order valence-electron chi connectivity index (χ3n) is 6.02. The molecular weight excluding hydrogens is 414 g/mol. The molecular formula is C23H19N3O4S. The largest absolute Gasteiger partial charge is 0.454 e. The molecule has 3 aliphatic rings. The number of hydrogen-bond acceptors (Lipinski definition) is 6. The molecule has 0 radical (unpaired) electrons. The fraction of sp³-hybridized carbons (Fsp3) is 0.261. The Labute approximate surface area is 182 Å². The van der Waals surface area contributed by atoms with E-state index in [1.54, 1.807) is 18.2 Å². The molecule has 0 spiro atoms. The molecule has 1 unspecified atom stereocenters. The third-order valence-corrected chi connectivity index (χ3v) is 7.07. The number of carbonyl (C=O) groups is 2. The predicted molar refractivity (Wildman–Crippen MR) is 116 cm³/mol. The van der Waals surface area contributed by atoms with Crippen molar-refractivity contribution in [3.05, 3.63) is 64.2 Å². The number of aromatic nitrogens is 1. The fourth-order valence-corrected chi connectivity index (χ4v) is 5.52. The number of aryl methyl sites for hydroxylation is 1. The number of hydrogen-bond donors (Lipinski definition) is 1. The number of nitrogens with one attached hydrogen (secondary N) is 1. The van der Waals surface area contributed by atoms with Gasteiger partial charge in [-0.1, -0.05) is 18.2 Å². The second-order valence-electron chi connectivity index (χ2n) is 7.81. The van der Waals surface area contributed by atoms with E-state index in [1.165, 1.54) is 16.9 Å². The molecule has 3 aromatic rings. The van der Waals surface area contributed by atoms with Crippen LogP contribution in [-0.2, 0) is 17.6 Å². The number of carbonyl (C=O) groups excluding carboxylic acids is 2. The predicted octanol–water partition coefficient (Wildman–Crippen LogP) is 3.74. The van der Waals surface area contributed by atoms with Gasteiger partial charge in [-0.15, -0.1) is 11.3 Å². The minimum Gasteiger partial charge on any atom is -0.454 e. The Hall–Kier alpha value is -3.39. The van der Waals surface area contributed by atoms with Crippen molar-refractivity contribution in [2.75, 3.05) is 23.6 Å². The van der Waals surface area contributed by atoms with Gasteiger partial charge in [0.1, 0.15) is 0 Å². The summed E-state index contributed by atoms with van der Waals surface area (Å²) < 4.78 is 10.6. The monoisotopic (exact) mass is 433 g/mol. The maximum Gasteiger partial charge on any atom is 0.257 e. The third kappa shape index (κ3) is 3.06. The van der Waals surface area contributed by atoms with E-state index in [-0.39, 0.29) is 24.5 Å². The number of para-hydroxylation sites is 1. The van der Waals surface area contributed by atoms with Crippen molar-refractivity contribution in [2.45, 2.75) is 25.2 Å². The Kier molecular flexibility index (Phi) is 4.21. The van der Waals surface area contributed by atoms with Crippen LogP contribution in [0.15, 0.2) is 42.5 Å². The van der Waals surface area contributed by atoms with E-state index in [1.807, 2.05) is 23.1 Å². The van der Waals surface area contributed by atoms with Gasteiger partial charge in [-0.25, -0.2) is 4.98 Å². The van der Waals surface area contributed by atoms with E-state index in [2.05, 4.69) is 16.4 Å². The van der Waals surface area contributed by atoms with Crippen LogP contribution in [0.4, 0.5) is 10.8 Å². The van der Waals surface area contributed by atoms with Gasteiger partial charge in [0.25, 0.3) is 5.91 Å². The van der Waals surface area contributed by atoms with Gasteiger partial charge >= 0.3 is 0 Å². The maximum absolute atomic E-state index is 13.3. The molecule has 2 aliphatic heterocycles. The summed E-state index contributed by atoms with van der Waals surface area (Å²) in [5.74, 6) is 0.777. The van der Waals surface area contributed by atoms with Crippen LogP contribution in [0, 0.1) is 0 Å². The molecule has 0 bridgehead atoms. The van der Waals surface area contributed by atoms with E-state index in [4.69, 9.17) is 9.47 Å². The Bertz CT molecular complexity index is 1220. The van der Waals surface area contributed by atoms with Crippen molar-refractivity contribution in [1.82, 2.24) is 4.98 Å². The Morgan fingerprint density at radius 2 is 1.97 bits per heavy atom. The van der Waals surface area contributed by atoms with E-state index in [9.17, 15) is 9.59 Å². The summed E-state index contributed by atoms with van der Waals surface area (Å²) in [4.78, 5) is 33.6. The summed E-state index contributed by atoms with van der Waals surface area (Å²) in [6, 6.07) is 13.1. The summed E-state index contributed by atoms with van der Waals surface area (Å²) in [7, 11) is 0. The lowest BCUT2D eigenvalue weighted by molar-refractivity contribution is -0.120. The molecule has 0 fully saturated rings. The van der Waals surface area contributed by atoms with Crippen LogP contribution in [0.5, 0.6) is 11.5 Å². The van der Waals surface area contributed by atoms with Gasteiger partial charge in [0.15, 0.2) is 16.6 Å². The van der Waals surface area contributed by atoms with Gasteiger partial charge in [0.05, 0.1) is 11.6 Å². The van der Waals surface area contributed by atoms with E-state index in [0.717, 1.165) is 35.5 Å². The SMILES string of the molecule is O=C(Nc1nc2c(s1)CCC2C(=O)N1CCc2ccccc21)c1ccc2c(c1)OCO2. The van der Waals surface area contributed by atoms with Crippen molar-refractivity contribution in [1.29, 1.82) is 0 Å². The molecule has 8 heteroatoms. The van der Waals surface area contributed by atoms with Crippen LogP contribution in [0.2, 0.25) is 0 Å². The van der Waals surface area contributed by atoms with Crippen molar-refractivity contribution in [3.8, 4) is 11.5 Å². The molecule has 7 nitrogen and oxygen atoms in total. The fourth-order valence-electron chi connectivity index (χ4n) is 4.48. The number of anilines is 2. The van der Waals surface area contributed by atoms with E-state index in [0.29, 0.717) is 28.7 Å². The second-order valence-corrected chi connectivity index (χ2v) is 8.89. The van der Waals surface area contributed by atoms with Gasteiger partial charge < -0.3 is 14.4 Å². The summed E-state index contributed by atoms with van der Waals surface area (Å²) in [5, 5.41) is 3.39. The number of fused-ring (bicyclic) bond motifs is 3. The quantitative estimate of drug-likeness (QED) is 0.681. The molecule has 156 valence electrons. The minimum absolute atomic E-state index is 0.0997. The maximum atomic E-state index is 13.3. The van der Waals surface area contributed by atoms with Crippen LogP contribution in [0.1, 0.15) is 38.8 Å². The Morgan fingerprint density at radius 1 is 1.10 bits per heavy atom. The number of benzene rings is 2. The van der Waals surface area contributed by atoms with Gasteiger partial charge in [-0.3, -0.25) is 14.9 Å². The standard InChI is InChI=1S/C23H19N3O4S/c27-21(14-5-7-17-18(11-14)30-12-29-17)25-23-24-20-15(6-8-19(20)31-23)22(28)26-10-9-13-3-1-2-4-16(13)26/h1-5,7,11,15H,6,8-10,12H2,(H,24,25,27). The molecule has 0 saturated carbocycles. The smallest absolute Gasteiger partial charge is 0.257 e. The van der Waals surface area contributed by atoms with Crippen molar-refractivity contribution in [3.63, 3.8) is 0 Å². The molecule has 1 atom stereocenters. The summed E-state index contributed by atoms with van der Waals surface area (Å²) in [5.41, 5.74) is 3.50. The van der Waals surface area contributed by atoms with Gasteiger partial charge in [0, 0.05) is 22.7 Å². The highest BCUT2D eigenvalue weighted by atomic mass is 32.1. The summed E-state index contributed by atoms with van der Waals surface area (Å²) in [6.07, 6.45) is 2.45. The Morgan fingerprint density at radius 3 is 2.90 bits per heavy atom. The van der Waals surface area contributed by atoms with Gasteiger partial charge in [-0.2, -0.15) is 0 Å². The summed E-state index contributed by atoms with van der Waals surface area (Å²) in [6.45, 7) is 0.873. The zero-order chi connectivity index (χ0) is 20.9. The van der Waals surface area contributed by atoms with Crippen molar-refractivity contribution >= 4 is 34.0 Å². The molecule has 1 aromatic heterocycles. The highest BCUT2D eigenvalue weighted by Crippen LogP contribution is 2.41. The van der Waals surface area contributed by atoms with Crippen molar-refractivity contribution in [2.24, 2.45) is 0 Å². The first-order valence-electron chi connectivity index (χ1n) is 10.3. The highest BCUT2D eigenvalue weighted by Gasteiger charge is 2.37. The lowest BCUT2D eigenvalue weighted by atomic mass is 10.1. The zero-order valence-electron chi connectivity index (χ0n) is 16.6. The number of nitrogens with zero attached hydrogens (tertiary/aromatic N) is 2. The number of rotatable bonds is 3. The minimum atomic E-state index is -0.262. The van der Waals surface area contributed by atoms with Crippen LogP contribution < -0.4 is 19.7 Å². The lowest BCUT2D eigenvalue weighted by Gasteiger charge is -2.21. The first-order valence-corrected chi connectivity index (χ1v) is 11.1. The molecule has 2 amide bonds. The molecule has 1 aliphatic carbocycles. The van der Waals surface area contributed by atoms with E-state index >= 15 is 0 Å². The molecule has 31 heavy (non-hydrogen) atoms. The zero-order valence-corrected chi connectivity index (χ0v) is 17.4. The first kappa shape index (κ1) is 18.4. The average Bonchev–Trinajstić information content (AvgIpc) is 3.55. The van der Waals surface area contributed by atoms with Gasteiger partial charge in [0.2, 0.25) is 12.7 Å². The van der Waals surface area contributed by atoms with Crippen molar-refractivity contribution < 1.29 is 19.1 Å². The molecule has 1 N–H and O–H groups in total. The topological polar surface area (TPSA) is 80.8 Å². The normalized spacial score (nSPS) is 18.1. The number of thiazole rings is 1. The first-order chi connectivity index (χ1) is 15.2. The van der Waals surface area contributed by atoms with Crippen LogP contribution in [-0.4, -0.2) is 30.1 Å². The van der Waals surface area contributed by atoms with Crippen LogP contribution in [0.3, 0.4) is 0 Å². The molecule has 2 aromatic carbocycles. The average molecular weight is 433 g/mol.